The number of hydrogen-bond acceptors (Lipinski definition) is 4. The number of carbonyl (C=O) groups is 1. The van der Waals surface area contributed by atoms with E-state index < -0.39 is 0 Å². The molecule has 22 heavy (non-hydrogen) atoms. The number of aryl methyl sites for hydroxylation is 2. The fourth-order valence-corrected chi connectivity index (χ4v) is 2.16. The molecule has 0 saturated heterocycles. The van der Waals surface area contributed by atoms with E-state index in [2.05, 4.69) is 4.99 Å². The van der Waals surface area contributed by atoms with E-state index in [-0.39, 0.29) is 11.7 Å². The van der Waals surface area contributed by atoms with Crippen LogP contribution in [0.4, 0.5) is 5.69 Å². The number of phenols is 1. The van der Waals surface area contributed by atoms with Gasteiger partial charge in [-0.2, -0.15) is 0 Å². The Kier molecular flexibility index (Phi) is 4.94. The number of carbonyl (C=O) groups excluding carboxylic acids is 1. The first-order chi connectivity index (χ1) is 10.5. The summed E-state index contributed by atoms with van der Waals surface area (Å²) in [5.41, 5.74) is 3.60. The summed E-state index contributed by atoms with van der Waals surface area (Å²) in [6, 6.07) is 10.7. The van der Waals surface area contributed by atoms with Crippen LogP contribution in [0.2, 0.25) is 0 Å². The standard InChI is InChI=1S/C18H19NO3/c1-4-22-18(21)14-6-5-7-16(10-14)19-11-15-9-12(2)8-13(3)17(15)20/h5-11,20H,4H2,1-3H3. The lowest BCUT2D eigenvalue weighted by molar-refractivity contribution is 0.0526. The van der Waals surface area contributed by atoms with Gasteiger partial charge in [0.15, 0.2) is 0 Å². The van der Waals surface area contributed by atoms with Crippen molar-refractivity contribution in [1.82, 2.24) is 0 Å². The smallest absolute Gasteiger partial charge is 0.338 e. The minimum absolute atomic E-state index is 0.218. The molecule has 0 bridgehead atoms. The van der Waals surface area contributed by atoms with Gasteiger partial charge in [0.25, 0.3) is 0 Å². The molecule has 0 aliphatic carbocycles. The average molecular weight is 297 g/mol. The maximum Gasteiger partial charge on any atom is 0.338 e. The summed E-state index contributed by atoms with van der Waals surface area (Å²) in [5, 5.41) is 10.0. The molecule has 114 valence electrons. The number of phenolic OH excluding ortho intramolecular Hbond substituents is 1. The van der Waals surface area contributed by atoms with Gasteiger partial charge in [0.05, 0.1) is 17.9 Å². The van der Waals surface area contributed by atoms with E-state index in [4.69, 9.17) is 4.74 Å². The lowest BCUT2D eigenvalue weighted by atomic mass is 10.1. The van der Waals surface area contributed by atoms with E-state index in [0.29, 0.717) is 23.4 Å². The zero-order chi connectivity index (χ0) is 16.1. The van der Waals surface area contributed by atoms with Gasteiger partial charge in [0.1, 0.15) is 5.75 Å². The molecule has 0 unspecified atom stereocenters. The van der Waals surface area contributed by atoms with Gasteiger partial charge in [-0.05, 0) is 56.2 Å². The van der Waals surface area contributed by atoms with Crippen LogP contribution in [-0.2, 0) is 4.74 Å². The minimum Gasteiger partial charge on any atom is -0.507 e. The van der Waals surface area contributed by atoms with Crippen molar-refractivity contribution < 1.29 is 14.6 Å². The SMILES string of the molecule is CCOC(=O)c1cccc(N=Cc2cc(C)cc(C)c2O)c1. The van der Waals surface area contributed by atoms with Crippen molar-refractivity contribution in [2.75, 3.05) is 6.61 Å². The van der Waals surface area contributed by atoms with E-state index in [0.717, 1.165) is 11.1 Å². The van der Waals surface area contributed by atoms with Gasteiger partial charge < -0.3 is 9.84 Å². The minimum atomic E-state index is -0.367. The first kappa shape index (κ1) is 15.8. The zero-order valence-electron chi connectivity index (χ0n) is 13.0. The number of benzene rings is 2. The van der Waals surface area contributed by atoms with Crippen molar-refractivity contribution >= 4 is 17.9 Å². The van der Waals surface area contributed by atoms with Crippen LogP contribution in [0.15, 0.2) is 41.4 Å². The number of esters is 1. The van der Waals surface area contributed by atoms with E-state index in [1.165, 1.54) is 0 Å². The Bertz CT molecular complexity index is 720. The highest BCUT2D eigenvalue weighted by molar-refractivity contribution is 5.91. The predicted molar refractivity (Wildman–Crippen MR) is 87.2 cm³/mol. The Balaban J connectivity index is 2.27. The molecule has 0 aliphatic rings. The van der Waals surface area contributed by atoms with Crippen molar-refractivity contribution in [2.45, 2.75) is 20.8 Å². The van der Waals surface area contributed by atoms with Gasteiger partial charge in [-0.1, -0.05) is 12.1 Å². The third kappa shape index (κ3) is 3.73. The average Bonchev–Trinajstić information content (AvgIpc) is 2.50. The second-order valence-corrected chi connectivity index (χ2v) is 5.05. The van der Waals surface area contributed by atoms with Gasteiger partial charge in [0.2, 0.25) is 0 Å². The molecule has 0 spiro atoms. The molecule has 2 rings (SSSR count). The van der Waals surface area contributed by atoms with Crippen LogP contribution >= 0.6 is 0 Å². The van der Waals surface area contributed by atoms with Crippen LogP contribution in [0.25, 0.3) is 0 Å². The highest BCUT2D eigenvalue weighted by atomic mass is 16.5. The maximum atomic E-state index is 11.7. The van der Waals surface area contributed by atoms with Crippen molar-refractivity contribution in [2.24, 2.45) is 4.99 Å². The molecular weight excluding hydrogens is 278 g/mol. The zero-order valence-corrected chi connectivity index (χ0v) is 13.0. The van der Waals surface area contributed by atoms with Crippen LogP contribution in [-0.4, -0.2) is 23.9 Å². The summed E-state index contributed by atoms with van der Waals surface area (Å²) in [4.78, 5) is 16.0. The second-order valence-electron chi connectivity index (χ2n) is 5.05. The van der Waals surface area contributed by atoms with Crippen molar-refractivity contribution in [1.29, 1.82) is 0 Å². The Hall–Kier alpha value is -2.62. The van der Waals surface area contributed by atoms with Gasteiger partial charge in [0, 0.05) is 11.8 Å². The van der Waals surface area contributed by atoms with Gasteiger partial charge in [-0.3, -0.25) is 4.99 Å². The molecule has 2 aromatic rings. The molecule has 0 atom stereocenters. The Morgan fingerprint density at radius 1 is 1.27 bits per heavy atom. The Labute approximate surface area is 130 Å². The van der Waals surface area contributed by atoms with Crippen LogP contribution in [0.3, 0.4) is 0 Å². The Morgan fingerprint density at radius 3 is 2.77 bits per heavy atom. The molecule has 0 fully saturated rings. The summed E-state index contributed by atoms with van der Waals surface area (Å²) >= 11 is 0. The van der Waals surface area contributed by atoms with Crippen LogP contribution in [0.1, 0.15) is 34.0 Å². The summed E-state index contributed by atoms with van der Waals surface area (Å²) in [5.74, 6) is -0.148. The molecule has 4 nitrogen and oxygen atoms in total. The highest BCUT2D eigenvalue weighted by Gasteiger charge is 2.07. The second kappa shape index (κ2) is 6.89. The highest BCUT2D eigenvalue weighted by Crippen LogP contribution is 2.23. The first-order valence-corrected chi connectivity index (χ1v) is 7.12. The third-order valence-corrected chi connectivity index (χ3v) is 3.18. The molecule has 0 saturated carbocycles. The summed E-state index contributed by atoms with van der Waals surface area (Å²) in [6.07, 6.45) is 1.60. The van der Waals surface area contributed by atoms with Crippen LogP contribution in [0.5, 0.6) is 5.75 Å². The molecule has 0 heterocycles. The third-order valence-electron chi connectivity index (χ3n) is 3.18. The van der Waals surface area contributed by atoms with Gasteiger partial charge >= 0.3 is 5.97 Å². The Morgan fingerprint density at radius 2 is 2.05 bits per heavy atom. The fourth-order valence-electron chi connectivity index (χ4n) is 2.16. The number of ether oxygens (including phenoxy) is 1. The maximum absolute atomic E-state index is 11.7. The summed E-state index contributed by atoms with van der Waals surface area (Å²) in [6.45, 7) is 5.91. The molecule has 4 heteroatoms. The van der Waals surface area contributed by atoms with E-state index >= 15 is 0 Å². The van der Waals surface area contributed by atoms with Gasteiger partial charge in [-0.25, -0.2) is 4.79 Å². The molecule has 0 radical (unpaired) electrons. The monoisotopic (exact) mass is 297 g/mol. The summed E-state index contributed by atoms with van der Waals surface area (Å²) in [7, 11) is 0. The number of rotatable bonds is 4. The van der Waals surface area contributed by atoms with Crippen molar-refractivity contribution in [3.05, 3.63) is 58.7 Å². The number of nitrogens with zero attached hydrogens (tertiary/aromatic N) is 1. The lowest BCUT2D eigenvalue weighted by Crippen LogP contribution is -2.03. The van der Waals surface area contributed by atoms with Crippen molar-refractivity contribution in [3.8, 4) is 5.75 Å². The fraction of sp³-hybridized carbons (Fsp3) is 0.222. The van der Waals surface area contributed by atoms with Crippen LogP contribution < -0.4 is 0 Å². The molecular formula is C18H19NO3. The van der Waals surface area contributed by atoms with E-state index in [1.54, 1.807) is 37.4 Å². The number of aromatic hydroxyl groups is 1. The topological polar surface area (TPSA) is 58.9 Å². The summed E-state index contributed by atoms with van der Waals surface area (Å²) < 4.78 is 4.97. The first-order valence-electron chi connectivity index (χ1n) is 7.12. The molecule has 0 amide bonds. The molecule has 0 aromatic heterocycles. The van der Waals surface area contributed by atoms with Crippen LogP contribution in [0, 0.1) is 13.8 Å². The quantitative estimate of drug-likeness (QED) is 0.687. The normalized spacial score (nSPS) is 10.9. The lowest BCUT2D eigenvalue weighted by Gasteiger charge is -2.05. The predicted octanol–water partition coefficient (Wildman–Crippen LogP) is 3.94. The van der Waals surface area contributed by atoms with E-state index in [9.17, 15) is 9.90 Å². The molecule has 1 N–H and O–H groups in total. The number of aliphatic imine (C=N–C) groups is 1. The molecule has 2 aromatic carbocycles. The van der Waals surface area contributed by atoms with Crippen molar-refractivity contribution in [3.63, 3.8) is 0 Å². The van der Waals surface area contributed by atoms with E-state index in [1.807, 2.05) is 26.0 Å². The van der Waals surface area contributed by atoms with Gasteiger partial charge in [-0.15, -0.1) is 0 Å². The largest absolute Gasteiger partial charge is 0.507 e. The molecule has 0 aliphatic heterocycles. The number of hydrogen-bond donors (Lipinski definition) is 1.